The summed E-state index contributed by atoms with van der Waals surface area (Å²) in [6.45, 7) is 5.63. The number of fused-ring (bicyclic) bond motifs is 1. The zero-order valence-electron chi connectivity index (χ0n) is 9.58. The number of rotatable bonds is 3. The van der Waals surface area contributed by atoms with Gasteiger partial charge in [-0.05, 0) is 25.5 Å². The molecule has 2 heteroatoms. The van der Waals surface area contributed by atoms with Gasteiger partial charge in [0.15, 0.2) is 0 Å². The van der Waals surface area contributed by atoms with E-state index in [4.69, 9.17) is 4.74 Å². The topological polar surface area (TPSA) is 14.2 Å². The van der Waals surface area contributed by atoms with Crippen LogP contribution >= 0.6 is 0 Å². The van der Waals surface area contributed by atoms with Crippen molar-refractivity contribution in [3.05, 3.63) is 35.5 Å². The summed E-state index contributed by atoms with van der Waals surface area (Å²) >= 11 is 0. The van der Waals surface area contributed by atoms with Crippen molar-refractivity contribution in [1.29, 1.82) is 0 Å². The first-order valence-corrected chi connectivity index (χ1v) is 5.35. The number of hydrogen-bond donors (Lipinski definition) is 0. The van der Waals surface area contributed by atoms with E-state index >= 15 is 0 Å². The van der Waals surface area contributed by atoms with Crippen LogP contribution in [0, 0.1) is 6.92 Å². The molecule has 0 atom stereocenters. The smallest absolute Gasteiger partial charge is 0.0867 e. The second kappa shape index (κ2) is 4.07. The Labute approximate surface area is 90.5 Å². The lowest BCUT2D eigenvalue weighted by Gasteiger charge is -2.05. The molecule has 1 aromatic carbocycles. The molecule has 0 spiro atoms. The molecule has 0 aliphatic rings. The number of benzene rings is 1. The first-order valence-electron chi connectivity index (χ1n) is 5.35. The summed E-state index contributed by atoms with van der Waals surface area (Å²) in [6.07, 6.45) is 0. The van der Waals surface area contributed by atoms with E-state index < -0.39 is 0 Å². The third-order valence-corrected chi connectivity index (χ3v) is 2.81. The van der Waals surface area contributed by atoms with Crippen molar-refractivity contribution in [1.82, 2.24) is 4.57 Å². The monoisotopic (exact) mass is 203 g/mol. The first kappa shape index (κ1) is 10.2. The van der Waals surface area contributed by atoms with Crippen LogP contribution in [-0.2, 0) is 18.4 Å². The van der Waals surface area contributed by atoms with E-state index in [9.17, 15) is 0 Å². The van der Waals surface area contributed by atoms with Gasteiger partial charge in [-0.25, -0.2) is 0 Å². The average molecular weight is 203 g/mol. The van der Waals surface area contributed by atoms with E-state index in [0.717, 1.165) is 6.61 Å². The average Bonchev–Trinajstić information content (AvgIpc) is 2.54. The van der Waals surface area contributed by atoms with Crippen LogP contribution in [-0.4, -0.2) is 11.2 Å². The van der Waals surface area contributed by atoms with Crippen molar-refractivity contribution in [2.45, 2.75) is 20.5 Å². The van der Waals surface area contributed by atoms with Crippen LogP contribution in [0.3, 0.4) is 0 Å². The fourth-order valence-electron chi connectivity index (χ4n) is 2.02. The van der Waals surface area contributed by atoms with Gasteiger partial charge in [-0.2, -0.15) is 0 Å². The fourth-order valence-corrected chi connectivity index (χ4v) is 2.02. The number of aryl methyl sites for hydroxylation is 2. The summed E-state index contributed by atoms with van der Waals surface area (Å²) in [6, 6.07) is 8.60. The quantitative estimate of drug-likeness (QED) is 0.748. The van der Waals surface area contributed by atoms with Gasteiger partial charge in [0.25, 0.3) is 0 Å². The van der Waals surface area contributed by atoms with Gasteiger partial charge in [-0.1, -0.05) is 18.2 Å². The molecule has 0 saturated heterocycles. The Bertz CT molecular complexity index is 471. The molecular formula is C13H17NO. The number of hydrogen-bond acceptors (Lipinski definition) is 1. The van der Waals surface area contributed by atoms with Crippen LogP contribution in [0.15, 0.2) is 24.3 Å². The van der Waals surface area contributed by atoms with Crippen molar-refractivity contribution in [3.8, 4) is 0 Å². The third-order valence-electron chi connectivity index (χ3n) is 2.81. The van der Waals surface area contributed by atoms with E-state index in [1.54, 1.807) is 0 Å². The lowest BCUT2D eigenvalue weighted by molar-refractivity contribution is 0.129. The summed E-state index contributed by atoms with van der Waals surface area (Å²) < 4.78 is 7.67. The highest BCUT2D eigenvalue weighted by atomic mass is 16.5. The van der Waals surface area contributed by atoms with Crippen molar-refractivity contribution in [2.24, 2.45) is 7.05 Å². The number of nitrogens with zero attached hydrogens (tertiary/aromatic N) is 1. The molecule has 1 heterocycles. The molecule has 0 amide bonds. The zero-order chi connectivity index (χ0) is 10.8. The Balaban J connectivity index is 2.50. The van der Waals surface area contributed by atoms with Crippen molar-refractivity contribution in [3.63, 3.8) is 0 Å². The van der Waals surface area contributed by atoms with Gasteiger partial charge >= 0.3 is 0 Å². The van der Waals surface area contributed by atoms with E-state index in [2.05, 4.69) is 42.8 Å². The minimum atomic E-state index is 0.696. The Hall–Kier alpha value is -1.28. The van der Waals surface area contributed by atoms with Crippen molar-refractivity contribution in [2.75, 3.05) is 6.61 Å². The highest BCUT2D eigenvalue weighted by Gasteiger charge is 2.06. The van der Waals surface area contributed by atoms with Crippen LogP contribution < -0.4 is 0 Å². The van der Waals surface area contributed by atoms with Crippen LogP contribution in [0.1, 0.15) is 18.2 Å². The molecule has 15 heavy (non-hydrogen) atoms. The molecule has 0 saturated carbocycles. The van der Waals surface area contributed by atoms with Crippen LogP contribution in [0.5, 0.6) is 0 Å². The molecule has 0 aliphatic heterocycles. The molecule has 0 N–H and O–H groups in total. The van der Waals surface area contributed by atoms with Gasteiger partial charge in [-0.3, -0.25) is 0 Å². The summed E-state index contributed by atoms with van der Waals surface area (Å²) in [5, 5.41) is 1.30. The highest BCUT2D eigenvalue weighted by molar-refractivity contribution is 5.84. The van der Waals surface area contributed by atoms with Crippen molar-refractivity contribution < 1.29 is 4.74 Å². The fraction of sp³-hybridized carbons (Fsp3) is 0.385. The van der Waals surface area contributed by atoms with E-state index in [1.807, 2.05) is 6.92 Å². The number of ether oxygens (including phenoxy) is 1. The summed E-state index contributed by atoms with van der Waals surface area (Å²) in [4.78, 5) is 0. The van der Waals surface area contributed by atoms with Gasteiger partial charge in [-0.15, -0.1) is 0 Å². The molecule has 2 aromatic rings. The van der Waals surface area contributed by atoms with E-state index in [1.165, 1.54) is 22.2 Å². The molecule has 2 nitrogen and oxygen atoms in total. The lowest BCUT2D eigenvalue weighted by atomic mass is 10.2. The van der Waals surface area contributed by atoms with Gasteiger partial charge in [0.1, 0.15) is 0 Å². The normalized spacial score (nSPS) is 11.1. The van der Waals surface area contributed by atoms with Gasteiger partial charge < -0.3 is 9.30 Å². The standard InChI is InChI=1S/C13H17NO/c1-4-15-9-12-8-11-7-5-6-10(2)13(11)14(12)3/h5-8H,4,9H2,1-3H3. The Morgan fingerprint density at radius 1 is 1.33 bits per heavy atom. The third kappa shape index (κ3) is 1.77. The first-order chi connectivity index (χ1) is 7.24. The second-order valence-corrected chi connectivity index (χ2v) is 3.84. The maximum Gasteiger partial charge on any atom is 0.0867 e. The largest absolute Gasteiger partial charge is 0.376 e. The van der Waals surface area contributed by atoms with Crippen LogP contribution in [0.4, 0.5) is 0 Å². The minimum absolute atomic E-state index is 0.696. The predicted molar refractivity (Wildman–Crippen MR) is 63.0 cm³/mol. The maximum absolute atomic E-state index is 5.45. The molecule has 0 unspecified atom stereocenters. The molecule has 80 valence electrons. The Morgan fingerprint density at radius 2 is 2.13 bits per heavy atom. The van der Waals surface area contributed by atoms with Crippen LogP contribution in [0.25, 0.3) is 10.9 Å². The van der Waals surface area contributed by atoms with Crippen LogP contribution in [0.2, 0.25) is 0 Å². The maximum atomic E-state index is 5.45. The second-order valence-electron chi connectivity index (χ2n) is 3.84. The molecule has 1 aromatic heterocycles. The minimum Gasteiger partial charge on any atom is -0.376 e. The molecule has 0 aliphatic carbocycles. The van der Waals surface area contributed by atoms with Gasteiger partial charge in [0, 0.05) is 24.7 Å². The predicted octanol–water partition coefficient (Wildman–Crippen LogP) is 3.02. The summed E-state index contributed by atoms with van der Waals surface area (Å²) in [5.74, 6) is 0. The van der Waals surface area contributed by atoms with Gasteiger partial charge in [0.05, 0.1) is 12.1 Å². The Kier molecular flexibility index (Phi) is 2.78. The van der Waals surface area contributed by atoms with Crippen molar-refractivity contribution >= 4 is 10.9 Å². The molecule has 0 fully saturated rings. The van der Waals surface area contributed by atoms with E-state index in [-0.39, 0.29) is 0 Å². The lowest BCUT2D eigenvalue weighted by Crippen LogP contribution is -1.99. The van der Waals surface area contributed by atoms with Gasteiger partial charge in [0.2, 0.25) is 0 Å². The summed E-state index contributed by atoms with van der Waals surface area (Å²) in [7, 11) is 2.10. The zero-order valence-corrected chi connectivity index (χ0v) is 9.58. The van der Waals surface area contributed by atoms with E-state index in [0.29, 0.717) is 6.61 Å². The summed E-state index contributed by atoms with van der Waals surface area (Å²) in [5.41, 5.74) is 3.87. The highest BCUT2D eigenvalue weighted by Crippen LogP contribution is 2.22. The number of aromatic nitrogens is 1. The molecule has 0 radical (unpaired) electrons. The Morgan fingerprint density at radius 3 is 2.80 bits per heavy atom. The SMILES string of the molecule is CCOCc1cc2cccc(C)c2n1C. The molecular weight excluding hydrogens is 186 g/mol. The molecule has 0 bridgehead atoms. The number of para-hydroxylation sites is 1. The molecule has 2 rings (SSSR count).